The Labute approximate surface area is 405 Å². The normalized spacial score (nSPS) is 20.1. The number of benzene rings is 4. The van der Waals surface area contributed by atoms with Crippen molar-refractivity contribution < 1.29 is 56.8 Å². The van der Waals surface area contributed by atoms with Crippen LogP contribution in [-0.4, -0.2) is 159 Å². The van der Waals surface area contributed by atoms with Crippen molar-refractivity contribution in [2.45, 2.75) is 51.4 Å². The van der Waals surface area contributed by atoms with Gasteiger partial charge < -0.3 is 56.8 Å². The first-order valence-electron chi connectivity index (χ1n) is 25.1. The van der Waals surface area contributed by atoms with Gasteiger partial charge in [0.15, 0.2) is 0 Å². The Bertz CT molecular complexity index is 1650. The molecule has 2 aliphatic heterocycles. The lowest BCUT2D eigenvalue weighted by Gasteiger charge is -2.23. The molecule has 0 aromatic heterocycles. The van der Waals surface area contributed by atoms with Crippen LogP contribution >= 0.6 is 0 Å². The van der Waals surface area contributed by atoms with Gasteiger partial charge in [-0.3, -0.25) is 0 Å². The van der Waals surface area contributed by atoms with Crippen LogP contribution in [0.5, 0.6) is 0 Å². The van der Waals surface area contributed by atoms with Crippen molar-refractivity contribution in [2.24, 2.45) is 0 Å². The topological polar surface area (TPSA) is 111 Å². The molecule has 4 aromatic carbocycles. The largest absolute Gasteiger partial charge is 0.379 e. The number of hydrogen-bond acceptors (Lipinski definition) is 12. The van der Waals surface area contributed by atoms with E-state index in [4.69, 9.17) is 56.8 Å². The highest BCUT2D eigenvalue weighted by atomic mass is 16.6. The lowest BCUT2D eigenvalue weighted by atomic mass is 9.83. The fourth-order valence-electron chi connectivity index (χ4n) is 9.28. The Kier molecular flexibility index (Phi) is 24.3. The minimum absolute atomic E-state index is 0.511. The van der Waals surface area contributed by atoms with Crippen LogP contribution < -0.4 is 0 Å². The number of rotatable bonds is 0. The molecule has 12 bridgehead atoms. The summed E-state index contributed by atoms with van der Waals surface area (Å²) in [6.45, 7) is 12.7. The van der Waals surface area contributed by atoms with Crippen molar-refractivity contribution in [3.8, 4) is 0 Å². The molecule has 0 radical (unpaired) electrons. The van der Waals surface area contributed by atoms with Crippen molar-refractivity contribution in [1.82, 2.24) is 0 Å². The molecule has 0 unspecified atom stereocenters. The predicted octanol–water partition coefficient (Wildman–Crippen LogP) is 6.76. The van der Waals surface area contributed by atoms with Crippen LogP contribution in [0, 0.1) is 0 Å². The predicted molar refractivity (Wildman–Crippen MR) is 262 cm³/mol. The summed E-state index contributed by atoms with van der Waals surface area (Å²) in [4.78, 5) is 0. The Morgan fingerprint density at radius 2 is 0.309 bits per heavy atom. The van der Waals surface area contributed by atoms with Gasteiger partial charge in [0, 0.05) is 0 Å². The average molecular weight is 941 g/mol. The van der Waals surface area contributed by atoms with Crippen LogP contribution in [0.3, 0.4) is 0 Å². The smallest absolute Gasteiger partial charge is 0.0701 e. The zero-order valence-corrected chi connectivity index (χ0v) is 40.5. The van der Waals surface area contributed by atoms with E-state index < -0.39 is 0 Å². The van der Waals surface area contributed by atoms with E-state index in [-0.39, 0.29) is 0 Å². The van der Waals surface area contributed by atoms with Crippen LogP contribution in [0.4, 0.5) is 0 Å². The maximum atomic E-state index is 6.28. The minimum atomic E-state index is 0.511. The third-order valence-electron chi connectivity index (χ3n) is 12.7. The van der Waals surface area contributed by atoms with Gasteiger partial charge in [-0.2, -0.15) is 0 Å². The molecule has 0 N–H and O–H groups in total. The first kappa shape index (κ1) is 52.2. The third kappa shape index (κ3) is 18.0. The van der Waals surface area contributed by atoms with E-state index in [0.29, 0.717) is 159 Å². The quantitative estimate of drug-likeness (QED) is 0.164. The fourth-order valence-corrected chi connectivity index (χ4v) is 9.28. The standard InChI is InChI=1S/C56H76O12/c1-5-45-41-47-7-2-9-49-43-51-11-4-12-52-44-50-10-3-8-48(55(50)15-19-59-23-27-63-31-35-67-40-39-66-34-30-62-26-22-58-18-14-54(47)49)42-46(6-1)53(45)13-17-57-21-25-61-29-33-65-37-38-68-36-32-64-28-24-60-20-16-56(51)52/h1-12H,13-44H2. The van der Waals surface area contributed by atoms with Crippen molar-refractivity contribution >= 4 is 0 Å². The maximum absolute atomic E-state index is 6.28. The second kappa shape index (κ2) is 31.6. The molecule has 0 saturated carbocycles. The van der Waals surface area contributed by atoms with Gasteiger partial charge >= 0.3 is 0 Å². The van der Waals surface area contributed by atoms with E-state index in [1.54, 1.807) is 0 Å². The second-order valence-corrected chi connectivity index (χ2v) is 17.3. The van der Waals surface area contributed by atoms with E-state index in [1.807, 2.05) is 0 Å². The molecule has 12 nitrogen and oxygen atoms in total. The highest BCUT2D eigenvalue weighted by Crippen LogP contribution is 2.31. The highest BCUT2D eigenvalue weighted by Gasteiger charge is 2.20. The minimum Gasteiger partial charge on any atom is -0.379 e. The Morgan fingerprint density at radius 3 is 0.456 bits per heavy atom. The van der Waals surface area contributed by atoms with Gasteiger partial charge in [-0.1, -0.05) is 72.8 Å². The number of hydrogen-bond donors (Lipinski definition) is 0. The Morgan fingerprint density at radius 1 is 0.176 bits per heavy atom. The molecule has 7 rings (SSSR count). The molecule has 0 spiro atoms. The Balaban J connectivity index is 1.25. The maximum Gasteiger partial charge on any atom is 0.0701 e. The van der Waals surface area contributed by atoms with Crippen LogP contribution in [0.15, 0.2) is 72.8 Å². The van der Waals surface area contributed by atoms with Crippen molar-refractivity contribution in [3.05, 3.63) is 140 Å². The van der Waals surface area contributed by atoms with E-state index in [2.05, 4.69) is 72.8 Å². The second-order valence-electron chi connectivity index (χ2n) is 17.3. The summed E-state index contributed by atoms with van der Waals surface area (Å²) < 4.78 is 71.4. The first-order valence-corrected chi connectivity index (χ1v) is 25.1. The third-order valence-corrected chi connectivity index (χ3v) is 12.7. The molecule has 372 valence electrons. The molecule has 0 saturated heterocycles. The van der Waals surface area contributed by atoms with Gasteiger partial charge in [-0.15, -0.1) is 0 Å². The SMILES string of the molecule is c1cc2c3c(c1)Cc1cccc4c1CCOCCOCCOCCOCCOCCOCCc1c(cccc1Cc1cccc(c1CCOCCOCCOCCOCCOCCOCC3)C4)C2. The molecule has 68 heavy (non-hydrogen) atoms. The van der Waals surface area contributed by atoms with Crippen LogP contribution in [0.1, 0.15) is 66.8 Å². The Hall–Kier alpha value is -3.60. The van der Waals surface area contributed by atoms with Gasteiger partial charge in [0.05, 0.1) is 159 Å². The molecule has 12 heteroatoms. The average Bonchev–Trinajstić information content (AvgIpc) is 3.34. The molecular formula is C56H76O12. The van der Waals surface area contributed by atoms with Crippen molar-refractivity contribution in [3.63, 3.8) is 0 Å². The van der Waals surface area contributed by atoms with Gasteiger partial charge in [0.1, 0.15) is 0 Å². The van der Waals surface area contributed by atoms with Gasteiger partial charge in [0.25, 0.3) is 0 Å². The van der Waals surface area contributed by atoms with Crippen molar-refractivity contribution in [2.75, 3.05) is 159 Å². The summed E-state index contributed by atoms with van der Waals surface area (Å²) in [6.07, 6.45) is 6.40. The molecule has 0 amide bonds. The summed E-state index contributed by atoms with van der Waals surface area (Å²) in [5.74, 6) is 0. The lowest BCUT2D eigenvalue weighted by Crippen LogP contribution is -2.14. The molecule has 0 fully saturated rings. The van der Waals surface area contributed by atoms with Crippen LogP contribution in [0.2, 0.25) is 0 Å². The summed E-state index contributed by atoms with van der Waals surface area (Å²) in [5.41, 5.74) is 16.0. The van der Waals surface area contributed by atoms with Gasteiger partial charge in [-0.25, -0.2) is 0 Å². The molecule has 0 atom stereocenters. The molecule has 2 heterocycles. The van der Waals surface area contributed by atoms with Gasteiger partial charge in [0.2, 0.25) is 0 Å². The van der Waals surface area contributed by atoms with Crippen LogP contribution in [-0.2, 0) is 108 Å². The summed E-state index contributed by atoms with van der Waals surface area (Å²) in [7, 11) is 0. The summed E-state index contributed by atoms with van der Waals surface area (Å²) in [5, 5.41) is 0. The molecular weight excluding hydrogens is 865 g/mol. The summed E-state index contributed by atoms with van der Waals surface area (Å²) >= 11 is 0. The molecule has 1 aliphatic carbocycles. The molecule has 4 aromatic rings. The fraction of sp³-hybridized carbons (Fsp3) is 0.571. The van der Waals surface area contributed by atoms with Gasteiger partial charge in [-0.05, 0) is 118 Å². The lowest BCUT2D eigenvalue weighted by molar-refractivity contribution is -0.0164. The first-order chi connectivity index (χ1) is 33.8. The van der Waals surface area contributed by atoms with E-state index in [1.165, 1.54) is 66.8 Å². The van der Waals surface area contributed by atoms with Crippen LogP contribution in [0.25, 0.3) is 0 Å². The van der Waals surface area contributed by atoms with E-state index in [9.17, 15) is 0 Å². The molecule has 3 aliphatic rings. The van der Waals surface area contributed by atoms with E-state index in [0.717, 1.165) is 51.4 Å². The monoisotopic (exact) mass is 941 g/mol. The zero-order valence-electron chi connectivity index (χ0n) is 40.5. The number of ether oxygens (including phenoxy) is 12. The van der Waals surface area contributed by atoms with E-state index >= 15 is 0 Å². The zero-order chi connectivity index (χ0) is 46.5. The highest BCUT2D eigenvalue weighted by molar-refractivity contribution is 5.50. The van der Waals surface area contributed by atoms with Crippen molar-refractivity contribution in [1.29, 1.82) is 0 Å². The summed E-state index contributed by atoms with van der Waals surface area (Å²) in [6, 6.07) is 27.5.